The molecule has 1 aliphatic carbocycles. The number of hydrogen-bond donors (Lipinski definition) is 0. The van der Waals surface area contributed by atoms with Crippen molar-refractivity contribution in [1.29, 1.82) is 0 Å². The summed E-state index contributed by atoms with van der Waals surface area (Å²) in [5, 5.41) is 6.56. The number of aryl methyl sites for hydroxylation is 1. The Morgan fingerprint density at radius 1 is 1.33 bits per heavy atom. The summed E-state index contributed by atoms with van der Waals surface area (Å²) in [4.78, 5) is 20.5. The molecular formula is C18H18N4OS. The van der Waals surface area contributed by atoms with Crippen LogP contribution in [0.2, 0.25) is 0 Å². The van der Waals surface area contributed by atoms with Gasteiger partial charge in [-0.25, -0.2) is 0 Å². The summed E-state index contributed by atoms with van der Waals surface area (Å²) in [6.07, 6.45) is 7.44. The van der Waals surface area contributed by atoms with Gasteiger partial charge in [-0.05, 0) is 36.4 Å². The quantitative estimate of drug-likeness (QED) is 0.717. The monoisotopic (exact) mass is 338 g/mol. The van der Waals surface area contributed by atoms with Crippen LogP contribution in [0.1, 0.15) is 28.1 Å². The molecule has 1 saturated carbocycles. The zero-order chi connectivity index (χ0) is 16.5. The van der Waals surface area contributed by atoms with Gasteiger partial charge in [0.05, 0.1) is 12.1 Å². The second-order valence-corrected chi connectivity index (χ2v) is 7.08. The number of carbonyl (C=O) groups is 1. The first-order valence-electron chi connectivity index (χ1n) is 8.00. The van der Waals surface area contributed by atoms with Crippen molar-refractivity contribution in [2.45, 2.75) is 25.4 Å². The van der Waals surface area contributed by atoms with E-state index in [1.54, 1.807) is 28.4 Å². The minimum absolute atomic E-state index is 0.0609. The Morgan fingerprint density at radius 2 is 2.12 bits per heavy atom. The van der Waals surface area contributed by atoms with Crippen LogP contribution in [-0.2, 0) is 13.6 Å². The fraction of sp³-hybridized carbons (Fsp3) is 0.278. The number of amides is 1. The maximum absolute atomic E-state index is 13.2. The van der Waals surface area contributed by atoms with E-state index in [1.807, 2.05) is 36.3 Å². The highest BCUT2D eigenvalue weighted by Gasteiger charge is 2.35. The number of aromatic nitrogens is 3. The Labute approximate surface area is 144 Å². The van der Waals surface area contributed by atoms with E-state index >= 15 is 0 Å². The number of pyridine rings is 1. The lowest BCUT2D eigenvalue weighted by Crippen LogP contribution is -2.32. The summed E-state index contributed by atoms with van der Waals surface area (Å²) < 4.78 is 1.71. The van der Waals surface area contributed by atoms with Gasteiger partial charge in [0.1, 0.15) is 5.69 Å². The molecule has 122 valence electrons. The highest BCUT2D eigenvalue weighted by molar-refractivity contribution is 7.09. The summed E-state index contributed by atoms with van der Waals surface area (Å²) in [7, 11) is 1.85. The molecule has 24 heavy (non-hydrogen) atoms. The fourth-order valence-electron chi connectivity index (χ4n) is 2.85. The molecule has 0 atom stereocenters. The van der Waals surface area contributed by atoms with Crippen LogP contribution in [0.3, 0.4) is 0 Å². The second-order valence-electron chi connectivity index (χ2n) is 6.04. The summed E-state index contributed by atoms with van der Waals surface area (Å²) in [5.41, 5.74) is 2.30. The Hall–Kier alpha value is -2.47. The molecule has 0 N–H and O–H groups in total. The van der Waals surface area contributed by atoms with Crippen LogP contribution in [0.25, 0.3) is 11.3 Å². The van der Waals surface area contributed by atoms with Crippen LogP contribution in [-0.4, -0.2) is 31.6 Å². The Balaban J connectivity index is 1.68. The lowest BCUT2D eigenvalue weighted by molar-refractivity contribution is 0.0732. The molecule has 0 bridgehead atoms. The third kappa shape index (κ3) is 2.97. The van der Waals surface area contributed by atoms with Gasteiger partial charge in [0.15, 0.2) is 0 Å². The molecule has 0 aliphatic heterocycles. The average Bonchev–Trinajstić information content (AvgIpc) is 3.16. The van der Waals surface area contributed by atoms with E-state index in [0.717, 1.165) is 24.1 Å². The van der Waals surface area contributed by atoms with E-state index < -0.39 is 0 Å². The highest BCUT2D eigenvalue weighted by atomic mass is 32.1. The molecule has 1 aliphatic rings. The van der Waals surface area contributed by atoms with Crippen molar-refractivity contribution in [3.63, 3.8) is 0 Å². The van der Waals surface area contributed by atoms with E-state index in [0.29, 0.717) is 18.2 Å². The van der Waals surface area contributed by atoms with E-state index in [4.69, 9.17) is 0 Å². The summed E-state index contributed by atoms with van der Waals surface area (Å²) in [6, 6.07) is 8.24. The van der Waals surface area contributed by atoms with Crippen molar-refractivity contribution in [2.75, 3.05) is 0 Å². The van der Waals surface area contributed by atoms with Gasteiger partial charge in [-0.15, -0.1) is 11.3 Å². The van der Waals surface area contributed by atoms with Gasteiger partial charge in [0.2, 0.25) is 0 Å². The first-order valence-corrected chi connectivity index (χ1v) is 8.88. The van der Waals surface area contributed by atoms with Gasteiger partial charge < -0.3 is 4.90 Å². The van der Waals surface area contributed by atoms with Gasteiger partial charge in [0, 0.05) is 42.1 Å². The van der Waals surface area contributed by atoms with Gasteiger partial charge in [0.25, 0.3) is 5.91 Å². The first kappa shape index (κ1) is 15.1. The van der Waals surface area contributed by atoms with Gasteiger partial charge >= 0.3 is 0 Å². The molecule has 1 amide bonds. The van der Waals surface area contributed by atoms with Crippen molar-refractivity contribution in [3.05, 3.63) is 58.7 Å². The van der Waals surface area contributed by atoms with E-state index in [9.17, 15) is 4.79 Å². The predicted octanol–water partition coefficient (Wildman–Crippen LogP) is 3.35. The molecule has 4 rings (SSSR count). The molecule has 0 radical (unpaired) electrons. The molecule has 3 aromatic rings. The Bertz CT molecular complexity index is 837. The van der Waals surface area contributed by atoms with Crippen molar-refractivity contribution < 1.29 is 4.79 Å². The Kier molecular flexibility index (Phi) is 3.90. The lowest BCUT2D eigenvalue weighted by Gasteiger charge is -2.21. The molecule has 1 fully saturated rings. The van der Waals surface area contributed by atoms with Crippen LogP contribution in [0, 0.1) is 0 Å². The predicted molar refractivity (Wildman–Crippen MR) is 93.7 cm³/mol. The van der Waals surface area contributed by atoms with Crippen LogP contribution < -0.4 is 0 Å². The average molecular weight is 338 g/mol. The van der Waals surface area contributed by atoms with E-state index in [2.05, 4.69) is 21.5 Å². The topological polar surface area (TPSA) is 51.0 Å². The zero-order valence-corrected chi connectivity index (χ0v) is 14.2. The third-order valence-corrected chi connectivity index (χ3v) is 5.03. The van der Waals surface area contributed by atoms with Crippen LogP contribution >= 0.6 is 11.3 Å². The van der Waals surface area contributed by atoms with Crippen molar-refractivity contribution >= 4 is 17.2 Å². The van der Waals surface area contributed by atoms with Crippen molar-refractivity contribution in [1.82, 2.24) is 19.7 Å². The fourth-order valence-corrected chi connectivity index (χ4v) is 3.55. The standard InChI is InChI=1S/C18H18N4OS/c1-21-12-16(17(20-21)13-6-8-19-9-7-13)18(23)22(14-4-5-14)11-15-3-2-10-24-15/h2-3,6-10,12,14H,4-5,11H2,1H3. The molecular weight excluding hydrogens is 320 g/mol. The number of nitrogens with zero attached hydrogens (tertiary/aromatic N) is 4. The molecule has 3 aromatic heterocycles. The van der Waals surface area contributed by atoms with Gasteiger partial charge in [-0.2, -0.15) is 5.10 Å². The van der Waals surface area contributed by atoms with Crippen molar-refractivity contribution in [3.8, 4) is 11.3 Å². The minimum atomic E-state index is 0.0609. The van der Waals surface area contributed by atoms with Crippen LogP contribution in [0.4, 0.5) is 0 Å². The zero-order valence-electron chi connectivity index (χ0n) is 13.4. The molecule has 0 unspecified atom stereocenters. The molecule has 0 spiro atoms. The first-order chi connectivity index (χ1) is 11.7. The number of rotatable bonds is 5. The smallest absolute Gasteiger partial charge is 0.258 e. The highest BCUT2D eigenvalue weighted by Crippen LogP contribution is 2.32. The third-order valence-electron chi connectivity index (χ3n) is 4.17. The summed E-state index contributed by atoms with van der Waals surface area (Å²) >= 11 is 1.69. The summed E-state index contributed by atoms with van der Waals surface area (Å²) in [6.45, 7) is 0.672. The van der Waals surface area contributed by atoms with E-state index in [-0.39, 0.29) is 5.91 Å². The summed E-state index contributed by atoms with van der Waals surface area (Å²) in [5.74, 6) is 0.0609. The molecule has 0 saturated heterocycles. The molecule has 5 nitrogen and oxygen atoms in total. The van der Waals surface area contributed by atoms with E-state index in [1.165, 1.54) is 4.88 Å². The molecule has 3 heterocycles. The largest absolute Gasteiger partial charge is 0.330 e. The maximum atomic E-state index is 13.2. The number of carbonyl (C=O) groups excluding carboxylic acids is 1. The van der Waals surface area contributed by atoms with Gasteiger partial charge in [-0.1, -0.05) is 6.07 Å². The normalized spacial score (nSPS) is 13.9. The minimum Gasteiger partial charge on any atom is -0.330 e. The Morgan fingerprint density at radius 3 is 2.79 bits per heavy atom. The molecule has 0 aromatic carbocycles. The van der Waals surface area contributed by atoms with Crippen LogP contribution in [0.5, 0.6) is 0 Å². The maximum Gasteiger partial charge on any atom is 0.258 e. The SMILES string of the molecule is Cn1cc(C(=O)N(Cc2cccs2)C2CC2)c(-c2ccncc2)n1. The molecule has 6 heteroatoms. The van der Waals surface area contributed by atoms with Crippen LogP contribution in [0.15, 0.2) is 48.2 Å². The number of thiophene rings is 1. The number of hydrogen-bond acceptors (Lipinski definition) is 4. The van der Waals surface area contributed by atoms with Crippen molar-refractivity contribution in [2.24, 2.45) is 7.05 Å². The second kappa shape index (κ2) is 6.20. The van der Waals surface area contributed by atoms with Gasteiger partial charge in [-0.3, -0.25) is 14.5 Å². The lowest BCUT2D eigenvalue weighted by atomic mass is 10.1.